The molecule has 8 rings (SSSR count). The second-order valence-corrected chi connectivity index (χ2v) is 15.6. The van der Waals surface area contributed by atoms with Gasteiger partial charge >= 0.3 is 0 Å². The highest BCUT2D eigenvalue weighted by atomic mass is 19.1. The van der Waals surface area contributed by atoms with Gasteiger partial charge in [0.25, 0.3) is 5.91 Å². The Hall–Kier alpha value is -6.63. The van der Waals surface area contributed by atoms with Gasteiger partial charge in [0.2, 0.25) is 11.8 Å². The third-order valence-electron chi connectivity index (χ3n) is 11.5. The molecule has 0 bridgehead atoms. The summed E-state index contributed by atoms with van der Waals surface area (Å²) in [6, 6.07) is 20.5. The Morgan fingerprint density at radius 1 is 0.934 bits per heavy atom. The number of amides is 3. The van der Waals surface area contributed by atoms with Crippen molar-refractivity contribution >= 4 is 57.2 Å². The van der Waals surface area contributed by atoms with Gasteiger partial charge in [0.1, 0.15) is 11.6 Å². The summed E-state index contributed by atoms with van der Waals surface area (Å²) in [7, 11) is 1.77. The number of imide groups is 1. The minimum atomic E-state index is -0.695. The molecule has 1 unspecified atom stereocenters. The van der Waals surface area contributed by atoms with Crippen LogP contribution in [0.1, 0.15) is 58.3 Å². The summed E-state index contributed by atoms with van der Waals surface area (Å²) in [5, 5.41) is 29.0. The number of hydrogen-bond acceptors (Lipinski definition) is 10. The van der Waals surface area contributed by atoms with E-state index >= 15 is 0 Å². The number of H-pyrrole nitrogens is 1. The predicted molar refractivity (Wildman–Crippen MR) is 231 cm³/mol. The number of piperidine rings is 1. The van der Waals surface area contributed by atoms with Crippen molar-refractivity contribution in [2.45, 2.75) is 38.1 Å². The van der Waals surface area contributed by atoms with Crippen LogP contribution < -0.4 is 26.2 Å². The van der Waals surface area contributed by atoms with Crippen LogP contribution in [0.3, 0.4) is 0 Å². The number of aromatic nitrogens is 2. The maximum absolute atomic E-state index is 14.0. The van der Waals surface area contributed by atoms with Gasteiger partial charge in [-0.2, -0.15) is 5.10 Å². The molecule has 0 aliphatic carbocycles. The van der Waals surface area contributed by atoms with Crippen LogP contribution in [-0.4, -0.2) is 97.6 Å². The molecular formula is C46H47F2N9O4. The average Bonchev–Trinajstić information content (AvgIpc) is 3.65. The van der Waals surface area contributed by atoms with E-state index in [9.17, 15) is 23.2 Å². The first kappa shape index (κ1) is 41.1. The summed E-state index contributed by atoms with van der Waals surface area (Å²) in [6.45, 7) is 4.90. The Morgan fingerprint density at radius 3 is 2.48 bits per heavy atom. The molecule has 0 spiro atoms. The summed E-state index contributed by atoms with van der Waals surface area (Å²) >= 11 is 0. The number of piperazine rings is 1. The van der Waals surface area contributed by atoms with Crippen molar-refractivity contribution in [2.75, 3.05) is 73.8 Å². The zero-order valence-electron chi connectivity index (χ0n) is 33.8. The van der Waals surface area contributed by atoms with Gasteiger partial charge in [0.15, 0.2) is 5.82 Å². The maximum Gasteiger partial charge on any atom is 0.258 e. The molecule has 1 aromatic heterocycles. The molecule has 0 radical (unpaired) electrons. The number of carbonyl (C=O) groups is 3. The van der Waals surface area contributed by atoms with Crippen LogP contribution in [0.4, 0.5) is 31.7 Å². The molecule has 5 aromatic rings. The van der Waals surface area contributed by atoms with Crippen LogP contribution in [0, 0.1) is 34.8 Å². The molecule has 3 aliphatic rings. The van der Waals surface area contributed by atoms with Crippen molar-refractivity contribution in [3.05, 3.63) is 112 Å². The molecule has 314 valence electrons. The number of anilines is 4. The number of nitrogens with zero attached hydrogens (tertiary/aromatic N) is 3. The fourth-order valence-corrected chi connectivity index (χ4v) is 8.22. The van der Waals surface area contributed by atoms with Crippen molar-refractivity contribution < 1.29 is 27.9 Å². The van der Waals surface area contributed by atoms with Gasteiger partial charge in [0, 0.05) is 92.9 Å². The second-order valence-electron chi connectivity index (χ2n) is 15.6. The molecule has 15 heteroatoms. The lowest BCUT2D eigenvalue weighted by molar-refractivity contribution is -0.134. The number of ether oxygens (including phenoxy) is 1. The third-order valence-corrected chi connectivity index (χ3v) is 11.5. The minimum Gasteiger partial charge on any atom is -0.387 e. The maximum atomic E-state index is 14.0. The molecule has 3 amide bonds. The van der Waals surface area contributed by atoms with Crippen molar-refractivity contribution in [2.24, 2.45) is 5.92 Å². The van der Waals surface area contributed by atoms with Crippen molar-refractivity contribution in [1.82, 2.24) is 20.4 Å². The van der Waals surface area contributed by atoms with E-state index in [-0.39, 0.29) is 30.0 Å². The number of para-hydroxylation sites is 1. The lowest BCUT2D eigenvalue weighted by Gasteiger charge is -2.35. The van der Waals surface area contributed by atoms with Crippen molar-refractivity contribution in [3.8, 4) is 11.8 Å². The summed E-state index contributed by atoms with van der Waals surface area (Å²) in [4.78, 5) is 42.7. The number of carbonyl (C=O) groups excluding carboxylic acids is 3. The van der Waals surface area contributed by atoms with Crippen molar-refractivity contribution in [1.29, 1.82) is 5.41 Å². The lowest BCUT2D eigenvalue weighted by Crippen LogP contribution is -2.46. The molecule has 61 heavy (non-hydrogen) atoms. The number of halogens is 2. The summed E-state index contributed by atoms with van der Waals surface area (Å²) in [6.07, 6.45) is 2.45. The zero-order chi connectivity index (χ0) is 42.5. The minimum absolute atomic E-state index is 0.138. The fraction of sp³-hybridized carbons (Fsp3) is 0.326. The van der Waals surface area contributed by atoms with Gasteiger partial charge in [-0.1, -0.05) is 30.0 Å². The second kappa shape index (κ2) is 18.3. The normalized spacial score (nSPS) is 17.4. The van der Waals surface area contributed by atoms with Gasteiger partial charge in [-0.3, -0.25) is 29.7 Å². The zero-order valence-corrected chi connectivity index (χ0v) is 33.8. The Bertz CT molecular complexity index is 2530. The lowest BCUT2D eigenvalue weighted by atomic mass is 9.87. The summed E-state index contributed by atoms with van der Waals surface area (Å²) in [5.41, 5.74) is 6.38. The smallest absolute Gasteiger partial charge is 0.258 e. The van der Waals surface area contributed by atoms with E-state index in [0.717, 1.165) is 67.6 Å². The number of aromatic amines is 1. The number of fused-ring (bicyclic) bond motifs is 1. The molecule has 13 nitrogen and oxygen atoms in total. The monoisotopic (exact) mass is 827 g/mol. The summed E-state index contributed by atoms with van der Waals surface area (Å²) in [5.74, 6) is 3.89. The van der Waals surface area contributed by atoms with Crippen LogP contribution in [0.2, 0.25) is 0 Å². The molecule has 1 atom stereocenters. The van der Waals surface area contributed by atoms with Gasteiger partial charge in [-0.05, 0) is 85.3 Å². The average molecular weight is 828 g/mol. The Labute approximate surface area is 352 Å². The highest BCUT2D eigenvalue weighted by Gasteiger charge is 2.32. The molecule has 0 saturated carbocycles. The third kappa shape index (κ3) is 9.56. The fourth-order valence-electron chi connectivity index (χ4n) is 8.22. The number of benzene rings is 4. The molecule has 3 aliphatic heterocycles. The first-order valence-corrected chi connectivity index (χ1v) is 20.5. The first-order valence-electron chi connectivity index (χ1n) is 20.5. The molecular weight excluding hydrogens is 781 g/mol. The van der Waals surface area contributed by atoms with Gasteiger partial charge in [0.05, 0.1) is 34.9 Å². The number of nitrogens with one attached hydrogen (secondary N) is 6. The SMILES string of the molecule is CNc1c(C#CCN2CCN(c3ccc(C(=O)Nc4n[nH]c5ccc(Cc6cc(F)cc(F)c6)cc45)c(NC4CCOCC4)c3)CC2)cccc1C(=N)C1CCC(=O)NC1=O. The topological polar surface area (TPSA) is 168 Å². The van der Waals surface area contributed by atoms with Crippen LogP contribution in [-0.2, 0) is 20.7 Å². The van der Waals surface area contributed by atoms with E-state index in [4.69, 9.17) is 10.1 Å². The summed E-state index contributed by atoms with van der Waals surface area (Å²) < 4.78 is 33.4. The van der Waals surface area contributed by atoms with Crippen molar-refractivity contribution in [3.63, 3.8) is 0 Å². The molecule has 3 fully saturated rings. The van der Waals surface area contributed by atoms with E-state index < -0.39 is 23.5 Å². The van der Waals surface area contributed by atoms with E-state index in [2.05, 4.69) is 53.1 Å². The first-order chi connectivity index (χ1) is 29.6. The predicted octanol–water partition coefficient (Wildman–Crippen LogP) is 5.91. The van der Waals surface area contributed by atoms with E-state index in [0.29, 0.717) is 71.7 Å². The Morgan fingerprint density at radius 2 is 1.72 bits per heavy atom. The molecule has 4 heterocycles. The standard InChI is InChI=1S/C46H47F2N9O4/c1-50-43-30(4-2-6-36(43)42(49)37-10-12-41(58)52-46(37)60)5-3-15-56-16-18-57(19-17-56)34-8-9-35(40(27-34)51-33-13-20-61-21-14-33)45(59)53-44-38-25-28(7-11-39(38)54-55-44)22-29-23-31(47)26-32(48)24-29/h2,4,6-9,11,23-27,33,37,49-51H,10,12-22H2,1H3,(H,52,58,60)(H2,53,54,55,59). The molecule has 4 aromatic carbocycles. The van der Waals surface area contributed by atoms with Crippen LogP contribution >= 0.6 is 0 Å². The van der Waals surface area contributed by atoms with Crippen LogP contribution in [0.25, 0.3) is 10.9 Å². The molecule has 6 N–H and O–H groups in total. The van der Waals surface area contributed by atoms with E-state index in [1.54, 1.807) is 13.1 Å². The van der Waals surface area contributed by atoms with Gasteiger partial charge < -0.3 is 31.0 Å². The highest BCUT2D eigenvalue weighted by molar-refractivity contribution is 6.18. The van der Waals surface area contributed by atoms with Gasteiger partial charge in [-0.15, -0.1) is 0 Å². The quantitative estimate of drug-likeness (QED) is 0.0539. The number of rotatable bonds is 11. The van der Waals surface area contributed by atoms with E-state index in [1.165, 1.54) is 12.1 Å². The van der Waals surface area contributed by atoms with Crippen LogP contribution in [0.15, 0.2) is 72.8 Å². The number of hydrogen-bond donors (Lipinski definition) is 6. The van der Waals surface area contributed by atoms with E-state index in [1.807, 2.05) is 48.5 Å². The largest absolute Gasteiger partial charge is 0.387 e. The van der Waals surface area contributed by atoms with Gasteiger partial charge in [-0.25, -0.2) is 8.78 Å². The highest BCUT2D eigenvalue weighted by Crippen LogP contribution is 2.30. The molecule has 3 saturated heterocycles. The van der Waals surface area contributed by atoms with Crippen LogP contribution in [0.5, 0.6) is 0 Å². The Balaban J connectivity index is 0.936. The Kier molecular flexibility index (Phi) is 12.4.